The molecule has 3 aliphatic heterocycles. The van der Waals surface area contributed by atoms with Gasteiger partial charge in [0.2, 0.25) is 15.9 Å². The predicted octanol–water partition coefficient (Wildman–Crippen LogP) is 1.11. The number of hydrogen-bond donors (Lipinski definition) is 2. The fourth-order valence-electron chi connectivity index (χ4n) is 5.06. The summed E-state index contributed by atoms with van der Waals surface area (Å²) < 4.78 is 44.2. The Morgan fingerprint density at radius 2 is 1.87 bits per heavy atom. The molecule has 3 aliphatic rings. The summed E-state index contributed by atoms with van der Waals surface area (Å²) in [5.41, 5.74) is -0.389. The lowest BCUT2D eigenvalue weighted by Gasteiger charge is -2.41. The zero-order valence-electron chi connectivity index (χ0n) is 22.8. The zero-order chi connectivity index (χ0) is 28.4. The molecule has 2 N–H and O–H groups in total. The third-order valence-electron chi connectivity index (χ3n) is 6.87. The molecule has 4 rings (SSSR count). The van der Waals surface area contributed by atoms with Crippen molar-refractivity contribution in [2.45, 2.75) is 69.9 Å². The van der Waals surface area contributed by atoms with E-state index in [-0.39, 0.29) is 38.2 Å². The molecule has 2 bridgehead atoms. The molecule has 12 nitrogen and oxygen atoms in total. The van der Waals surface area contributed by atoms with E-state index in [0.29, 0.717) is 37.2 Å². The highest BCUT2D eigenvalue weighted by atomic mass is 32.2. The topological polar surface area (TPSA) is 144 Å². The molecular weight excluding hydrogens is 528 g/mol. The molecule has 0 aromatic heterocycles. The maximum absolute atomic E-state index is 13.7. The summed E-state index contributed by atoms with van der Waals surface area (Å²) in [7, 11) is -3.50. The standard InChI is InChI=1S/C26H38N4O8S/c1-26(2,3)38-25(33)29-12-13-30-20(16-29)23(31)27-15-22-19(28-39(4,34)35)10-9-17(37-22)11-14-36-21-8-6-5-7-18(21)24(30)32/h5-8,17,19-20,22,28H,9-16H2,1-4H3,(H,27,31)/t17-,19+,20-,22+/m0/s1. The quantitative estimate of drug-likeness (QED) is 0.542. The van der Waals surface area contributed by atoms with E-state index in [9.17, 15) is 22.8 Å². The summed E-state index contributed by atoms with van der Waals surface area (Å²) in [6.45, 7) is 5.86. The number of carbonyl (C=O) groups excluding carboxylic acids is 3. The van der Waals surface area contributed by atoms with Gasteiger partial charge in [-0.3, -0.25) is 9.59 Å². The van der Waals surface area contributed by atoms with Gasteiger partial charge in [0.1, 0.15) is 17.4 Å². The van der Waals surface area contributed by atoms with E-state index in [1.165, 1.54) is 9.80 Å². The second-order valence-electron chi connectivity index (χ2n) is 11.2. The van der Waals surface area contributed by atoms with Crippen LogP contribution in [0.3, 0.4) is 0 Å². The highest BCUT2D eigenvalue weighted by Gasteiger charge is 2.40. The molecule has 0 radical (unpaired) electrons. The number of carbonyl (C=O) groups is 3. The average molecular weight is 567 g/mol. The summed E-state index contributed by atoms with van der Waals surface area (Å²) in [6.07, 6.45) is 1.38. The van der Waals surface area contributed by atoms with Crippen LogP contribution in [-0.2, 0) is 24.3 Å². The van der Waals surface area contributed by atoms with Crippen LogP contribution in [0.2, 0.25) is 0 Å². The Labute approximate surface area is 229 Å². The van der Waals surface area contributed by atoms with Gasteiger partial charge in [0.25, 0.3) is 5.91 Å². The number of rotatable bonds is 2. The molecule has 0 spiro atoms. The molecule has 0 unspecified atom stereocenters. The van der Waals surface area contributed by atoms with E-state index in [0.717, 1.165) is 6.26 Å². The molecule has 0 saturated carbocycles. The molecule has 216 valence electrons. The van der Waals surface area contributed by atoms with Crippen LogP contribution < -0.4 is 14.8 Å². The van der Waals surface area contributed by atoms with Gasteiger partial charge in [0.15, 0.2) is 0 Å². The summed E-state index contributed by atoms with van der Waals surface area (Å²) >= 11 is 0. The van der Waals surface area contributed by atoms with Crippen molar-refractivity contribution in [2.24, 2.45) is 0 Å². The van der Waals surface area contributed by atoms with Crippen LogP contribution in [0, 0.1) is 0 Å². The normalized spacial score (nSPS) is 26.9. The first kappa shape index (κ1) is 29.1. The first-order valence-electron chi connectivity index (χ1n) is 13.2. The van der Waals surface area contributed by atoms with Crippen LogP contribution in [0.4, 0.5) is 4.79 Å². The van der Waals surface area contributed by atoms with Crippen molar-refractivity contribution in [1.29, 1.82) is 0 Å². The Bertz CT molecular complexity index is 1180. The summed E-state index contributed by atoms with van der Waals surface area (Å²) in [6, 6.07) is 5.35. The van der Waals surface area contributed by atoms with Crippen molar-refractivity contribution < 1.29 is 37.0 Å². The minimum atomic E-state index is -3.50. The van der Waals surface area contributed by atoms with Gasteiger partial charge in [0.05, 0.1) is 37.2 Å². The van der Waals surface area contributed by atoms with Crippen molar-refractivity contribution >= 4 is 27.9 Å². The highest BCUT2D eigenvalue weighted by Crippen LogP contribution is 2.27. The fraction of sp³-hybridized carbons (Fsp3) is 0.654. The van der Waals surface area contributed by atoms with Gasteiger partial charge in [0, 0.05) is 32.1 Å². The Morgan fingerprint density at radius 3 is 2.59 bits per heavy atom. The van der Waals surface area contributed by atoms with E-state index >= 15 is 0 Å². The number of nitrogens with one attached hydrogen (secondary N) is 2. The van der Waals surface area contributed by atoms with Crippen LogP contribution in [-0.4, -0.2) is 105 Å². The molecule has 3 amide bonds. The Hall–Kier alpha value is -2.90. The number of sulfonamides is 1. The SMILES string of the molecule is CC(C)(C)OC(=O)N1CCN2C(=O)c3ccccc3OCC[C@@H]3CC[C@@H](NS(C)(=O)=O)[C@@H](CNC(=O)[C@@H]2C1)O3. The number of piperazine rings is 1. The Balaban J connectivity index is 1.63. The lowest BCUT2D eigenvalue weighted by Crippen LogP contribution is -2.63. The van der Waals surface area contributed by atoms with Gasteiger partial charge in [-0.1, -0.05) is 12.1 Å². The number of fused-ring (bicyclic) bond motifs is 4. The number of amides is 3. The van der Waals surface area contributed by atoms with Crippen molar-refractivity contribution in [3.8, 4) is 5.75 Å². The summed E-state index contributed by atoms with van der Waals surface area (Å²) in [5, 5.41) is 2.86. The first-order valence-corrected chi connectivity index (χ1v) is 15.1. The highest BCUT2D eigenvalue weighted by molar-refractivity contribution is 7.88. The number of nitrogens with zero attached hydrogens (tertiary/aromatic N) is 2. The molecule has 1 aromatic carbocycles. The van der Waals surface area contributed by atoms with E-state index in [1.807, 2.05) is 0 Å². The number of ether oxygens (including phenoxy) is 3. The van der Waals surface area contributed by atoms with Crippen molar-refractivity contribution in [3.05, 3.63) is 29.8 Å². The Kier molecular flexibility index (Phi) is 8.72. The van der Waals surface area contributed by atoms with E-state index in [1.54, 1.807) is 45.0 Å². The van der Waals surface area contributed by atoms with Crippen LogP contribution in [0.1, 0.15) is 50.4 Å². The maximum atomic E-state index is 13.7. The minimum Gasteiger partial charge on any atom is -0.493 e. The molecule has 13 heteroatoms. The van der Waals surface area contributed by atoms with Gasteiger partial charge in [-0.05, 0) is 45.7 Å². The zero-order valence-corrected chi connectivity index (χ0v) is 23.7. The van der Waals surface area contributed by atoms with Crippen molar-refractivity contribution in [3.63, 3.8) is 0 Å². The van der Waals surface area contributed by atoms with Crippen LogP contribution >= 0.6 is 0 Å². The fourth-order valence-corrected chi connectivity index (χ4v) is 5.88. The monoisotopic (exact) mass is 566 g/mol. The first-order chi connectivity index (χ1) is 18.3. The average Bonchev–Trinajstić information content (AvgIpc) is 2.85. The molecule has 39 heavy (non-hydrogen) atoms. The van der Waals surface area contributed by atoms with Crippen molar-refractivity contribution in [1.82, 2.24) is 19.8 Å². The van der Waals surface area contributed by atoms with Gasteiger partial charge in [-0.15, -0.1) is 0 Å². The van der Waals surface area contributed by atoms with Crippen LogP contribution in [0.25, 0.3) is 0 Å². The molecule has 1 aromatic rings. The van der Waals surface area contributed by atoms with Crippen LogP contribution in [0.15, 0.2) is 24.3 Å². The summed E-state index contributed by atoms with van der Waals surface area (Å²) in [4.78, 5) is 43.0. The molecule has 4 atom stereocenters. The molecule has 2 saturated heterocycles. The number of para-hydroxylation sites is 1. The smallest absolute Gasteiger partial charge is 0.410 e. The van der Waals surface area contributed by atoms with Crippen molar-refractivity contribution in [2.75, 3.05) is 39.0 Å². The van der Waals surface area contributed by atoms with E-state index in [2.05, 4.69) is 10.0 Å². The van der Waals surface area contributed by atoms with Gasteiger partial charge in [-0.25, -0.2) is 17.9 Å². The van der Waals surface area contributed by atoms with E-state index in [4.69, 9.17) is 14.2 Å². The third kappa shape index (κ3) is 7.61. The molecule has 2 fully saturated rings. The second-order valence-corrected chi connectivity index (χ2v) is 13.0. The number of hydrogen-bond acceptors (Lipinski definition) is 8. The van der Waals surface area contributed by atoms with Crippen LogP contribution in [0.5, 0.6) is 5.75 Å². The lowest BCUT2D eigenvalue weighted by atomic mass is 9.97. The largest absolute Gasteiger partial charge is 0.493 e. The molecular formula is C26H38N4O8S. The lowest BCUT2D eigenvalue weighted by molar-refractivity contribution is -0.129. The second kappa shape index (κ2) is 11.7. The van der Waals surface area contributed by atoms with Gasteiger partial charge < -0.3 is 29.3 Å². The maximum Gasteiger partial charge on any atom is 0.410 e. The van der Waals surface area contributed by atoms with Gasteiger partial charge in [-0.2, -0.15) is 0 Å². The molecule has 0 aliphatic carbocycles. The predicted molar refractivity (Wildman–Crippen MR) is 142 cm³/mol. The van der Waals surface area contributed by atoms with Gasteiger partial charge >= 0.3 is 6.09 Å². The Morgan fingerprint density at radius 1 is 1.13 bits per heavy atom. The minimum absolute atomic E-state index is 0.0327. The molecule has 3 heterocycles. The van der Waals surface area contributed by atoms with E-state index < -0.39 is 45.8 Å². The summed E-state index contributed by atoms with van der Waals surface area (Å²) in [5.74, 6) is -0.451. The number of benzene rings is 1. The third-order valence-corrected chi connectivity index (χ3v) is 7.60.